The van der Waals surface area contributed by atoms with Gasteiger partial charge >= 0.3 is 0 Å². The molecule has 1 saturated heterocycles. The first-order chi connectivity index (χ1) is 8.09. The maximum Gasteiger partial charge on any atom is 0.267 e. The van der Waals surface area contributed by atoms with E-state index in [9.17, 15) is 13.9 Å². The Hall–Kier alpha value is -1.16. The van der Waals surface area contributed by atoms with Crippen LogP contribution in [0.5, 0.6) is 5.75 Å². The minimum absolute atomic E-state index is 0.140. The maximum absolute atomic E-state index is 12.8. The maximum atomic E-state index is 12.8. The van der Waals surface area contributed by atoms with Gasteiger partial charge in [0, 0.05) is 12.5 Å². The van der Waals surface area contributed by atoms with E-state index in [1.54, 1.807) is 6.92 Å². The molecular formula is C13H17F2NO. The molecule has 17 heavy (non-hydrogen) atoms. The van der Waals surface area contributed by atoms with Crippen LogP contribution in [-0.4, -0.2) is 18.2 Å². The second-order valence-electron chi connectivity index (χ2n) is 4.64. The fraction of sp³-hybridized carbons (Fsp3) is 0.538. The largest absolute Gasteiger partial charge is 0.507 e. The molecule has 1 atom stereocenters. The zero-order valence-corrected chi connectivity index (χ0v) is 9.84. The van der Waals surface area contributed by atoms with Crippen molar-refractivity contribution in [3.05, 3.63) is 28.8 Å². The van der Waals surface area contributed by atoms with E-state index in [4.69, 9.17) is 0 Å². The Labute approximate surface area is 99.7 Å². The summed E-state index contributed by atoms with van der Waals surface area (Å²) >= 11 is 0. The molecule has 0 saturated carbocycles. The van der Waals surface area contributed by atoms with E-state index in [-0.39, 0.29) is 17.2 Å². The monoisotopic (exact) mass is 241 g/mol. The molecule has 1 aromatic carbocycles. The minimum atomic E-state index is -2.62. The van der Waals surface area contributed by atoms with Crippen LogP contribution in [-0.2, 0) is 0 Å². The van der Waals surface area contributed by atoms with E-state index in [0.29, 0.717) is 5.56 Å². The van der Waals surface area contributed by atoms with Gasteiger partial charge in [-0.3, -0.25) is 0 Å². The standard InChI is InChI=1S/C13H17F2NO/c1-8-5-10(9-3-2-4-16-7-9)12(17)11(6-8)13(14)15/h5-6,9,13,16-17H,2-4,7H2,1H3. The SMILES string of the molecule is Cc1cc(C(F)F)c(O)c(C2CCCNC2)c1. The Morgan fingerprint density at radius 3 is 2.76 bits per heavy atom. The fourth-order valence-corrected chi connectivity index (χ4v) is 2.43. The van der Waals surface area contributed by atoms with Gasteiger partial charge < -0.3 is 10.4 Å². The summed E-state index contributed by atoms with van der Waals surface area (Å²) in [6.07, 6.45) is -0.667. The quantitative estimate of drug-likeness (QED) is 0.833. The van der Waals surface area contributed by atoms with Crippen molar-refractivity contribution >= 4 is 0 Å². The van der Waals surface area contributed by atoms with E-state index in [1.807, 2.05) is 6.07 Å². The summed E-state index contributed by atoms with van der Waals surface area (Å²) in [5.74, 6) is -0.0829. The molecule has 2 nitrogen and oxygen atoms in total. The number of aryl methyl sites for hydroxylation is 1. The molecule has 1 heterocycles. The molecule has 1 unspecified atom stereocenters. The average Bonchev–Trinajstić information content (AvgIpc) is 2.32. The lowest BCUT2D eigenvalue weighted by molar-refractivity contribution is 0.147. The number of rotatable bonds is 2. The van der Waals surface area contributed by atoms with Crippen molar-refractivity contribution < 1.29 is 13.9 Å². The number of halogens is 2. The van der Waals surface area contributed by atoms with Crippen molar-refractivity contribution in [3.8, 4) is 5.75 Å². The van der Waals surface area contributed by atoms with Crippen molar-refractivity contribution in [2.24, 2.45) is 0 Å². The Bertz CT molecular complexity index is 401. The number of aromatic hydroxyl groups is 1. The van der Waals surface area contributed by atoms with Gasteiger partial charge in [0.25, 0.3) is 6.43 Å². The van der Waals surface area contributed by atoms with Gasteiger partial charge in [0.2, 0.25) is 0 Å². The summed E-state index contributed by atoms with van der Waals surface area (Å²) in [5, 5.41) is 13.2. The third-order valence-electron chi connectivity index (χ3n) is 3.29. The highest BCUT2D eigenvalue weighted by molar-refractivity contribution is 5.46. The van der Waals surface area contributed by atoms with Crippen LogP contribution in [0.1, 0.15) is 41.9 Å². The van der Waals surface area contributed by atoms with Crippen molar-refractivity contribution in [2.75, 3.05) is 13.1 Å². The summed E-state index contributed by atoms with van der Waals surface area (Å²) in [5.41, 5.74) is 1.19. The van der Waals surface area contributed by atoms with E-state index in [1.165, 1.54) is 6.07 Å². The van der Waals surface area contributed by atoms with Gasteiger partial charge in [-0.05, 0) is 37.9 Å². The van der Waals surface area contributed by atoms with Gasteiger partial charge in [-0.25, -0.2) is 8.78 Å². The lowest BCUT2D eigenvalue weighted by Gasteiger charge is -2.25. The summed E-state index contributed by atoms with van der Waals surface area (Å²) < 4.78 is 25.6. The molecule has 4 heteroatoms. The molecule has 1 aromatic rings. The zero-order valence-electron chi connectivity index (χ0n) is 9.84. The molecule has 0 aromatic heterocycles. The average molecular weight is 241 g/mol. The highest BCUT2D eigenvalue weighted by Gasteiger charge is 2.23. The highest BCUT2D eigenvalue weighted by atomic mass is 19.3. The van der Waals surface area contributed by atoms with Gasteiger partial charge in [-0.15, -0.1) is 0 Å². The number of piperidine rings is 1. The first-order valence-electron chi connectivity index (χ1n) is 5.92. The molecule has 1 aliphatic heterocycles. The number of hydrogen-bond donors (Lipinski definition) is 2. The number of alkyl halides is 2. The van der Waals surface area contributed by atoms with Gasteiger partial charge in [0.15, 0.2) is 0 Å². The molecule has 1 fully saturated rings. The second kappa shape index (κ2) is 5.00. The topological polar surface area (TPSA) is 32.3 Å². The van der Waals surface area contributed by atoms with Crippen LogP contribution < -0.4 is 5.32 Å². The third kappa shape index (κ3) is 2.57. The minimum Gasteiger partial charge on any atom is -0.507 e. The van der Waals surface area contributed by atoms with E-state index in [2.05, 4.69) is 5.32 Å². The highest BCUT2D eigenvalue weighted by Crippen LogP contribution is 2.38. The van der Waals surface area contributed by atoms with E-state index < -0.39 is 6.43 Å². The molecule has 1 aliphatic rings. The Kier molecular flexibility index (Phi) is 3.62. The summed E-state index contributed by atoms with van der Waals surface area (Å²) in [4.78, 5) is 0. The van der Waals surface area contributed by atoms with Crippen molar-refractivity contribution in [1.82, 2.24) is 5.32 Å². The number of nitrogens with one attached hydrogen (secondary N) is 1. The lowest BCUT2D eigenvalue weighted by atomic mass is 9.88. The molecule has 94 valence electrons. The molecule has 0 bridgehead atoms. The van der Waals surface area contributed by atoms with Crippen molar-refractivity contribution in [3.63, 3.8) is 0 Å². The molecular weight excluding hydrogens is 224 g/mol. The zero-order chi connectivity index (χ0) is 12.4. The number of hydrogen-bond acceptors (Lipinski definition) is 2. The third-order valence-corrected chi connectivity index (χ3v) is 3.29. The molecule has 0 spiro atoms. The van der Waals surface area contributed by atoms with Gasteiger partial charge in [0.05, 0.1) is 5.56 Å². The Morgan fingerprint density at radius 2 is 2.18 bits per heavy atom. The van der Waals surface area contributed by atoms with Crippen LogP contribution in [0.4, 0.5) is 8.78 Å². The Morgan fingerprint density at radius 1 is 1.41 bits per heavy atom. The summed E-state index contributed by atoms with van der Waals surface area (Å²) in [6, 6.07) is 3.18. The van der Waals surface area contributed by atoms with Crippen molar-refractivity contribution in [1.29, 1.82) is 0 Å². The number of benzene rings is 1. The predicted molar refractivity (Wildman–Crippen MR) is 62.6 cm³/mol. The summed E-state index contributed by atoms with van der Waals surface area (Å²) in [7, 11) is 0. The van der Waals surface area contributed by atoms with Gasteiger partial charge in [-0.1, -0.05) is 11.6 Å². The van der Waals surface area contributed by atoms with Crippen LogP contribution in [0, 0.1) is 6.92 Å². The Balaban J connectivity index is 2.38. The summed E-state index contributed by atoms with van der Waals surface area (Å²) in [6.45, 7) is 3.50. The van der Waals surface area contributed by atoms with Gasteiger partial charge in [0.1, 0.15) is 5.75 Å². The van der Waals surface area contributed by atoms with Crippen LogP contribution in [0.15, 0.2) is 12.1 Å². The number of phenols is 1. The number of phenolic OH excluding ortho intramolecular Hbond substituents is 1. The smallest absolute Gasteiger partial charge is 0.267 e. The molecule has 0 amide bonds. The molecule has 0 radical (unpaired) electrons. The second-order valence-corrected chi connectivity index (χ2v) is 4.64. The van der Waals surface area contributed by atoms with Crippen LogP contribution in [0.2, 0.25) is 0 Å². The first-order valence-corrected chi connectivity index (χ1v) is 5.92. The lowest BCUT2D eigenvalue weighted by Crippen LogP contribution is -2.28. The van der Waals surface area contributed by atoms with Gasteiger partial charge in [-0.2, -0.15) is 0 Å². The molecule has 2 N–H and O–H groups in total. The van der Waals surface area contributed by atoms with Crippen LogP contribution in [0.3, 0.4) is 0 Å². The van der Waals surface area contributed by atoms with Crippen LogP contribution >= 0.6 is 0 Å². The van der Waals surface area contributed by atoms with E-state index in [0.717, 1.165) is 31.5 Å². The van der Waals surface area contributed by atoms with Crippen LogP contribution in [0.25, 0.3) is 0 Å². The molecule has 2 rings (SSSR count). The fourth-order valence-electron chi connectivity index (χ4n) is 2.43. The molecule has 0 aliphatic carbocycles. The predicted octanol–water partition coefficient (Wildman–Crippen LogP) is 3.11. The van der Waals surface area contributed by atoms with E-state index >= 15 is 0 Å². The normalized spacial score (nSPS) is 20.8. The van der Waals surface area contributed by atoms with Crippen molar-refractivity contribution in [2.45, 2.75) is 32.1 Å². The first kappa shape index (κ1) is 12.3.